The molecule has 1 aliphatic rings. The summed E-state index contributed by atoms with van der Waals surface area (Å²) in [6, 6.07) is 8.07. The minimum Gasteiger partial charge on any atom is -0.326 e. The second kappa shape index (κ2) is 5.24. The van der Waals surface area contributed by atoms with Gasteiger partial charge >= 0.3 is 0 Å². The molecule has 0 saturated carbocycles. The van der Waals surface area contributed by atoms with E-state index in [2.05, 4.69) is 15.2 Å². The Morgan fingerprint density at radius 2 is 2.37 bits per heavy atom. The Bertz CT molecular complexity index is 564. The van der Waals surface area contributed by atoms with E-state index < -0.39 is 0 Å². The molecular formula is C13H16N4OS. The Balaban J connectivity index is 1.62. The van der Waals surface area contributed by atoms with Crippen molar-refractivity contribution in [1.82, 2.24) is 9.88 Å². The van der Waals surface area contributed by atoms with Crippen molar-refractivity contribution in [2.24, 2.45) is 5.73 Å². The van der Waals surface area contributed by atoms with E-state index in [1.54, 1.807) is 0 Å². The van der Waals surface area contributed by atoms with Crippen molar-refractivity contribution in [3.63, 3.8) is 0 Å². The van der Waals surface area contributed by atoms with E-state index in [1.807, 2.05) is 24.3 Å². The van der Waals surface area contributed by atoms with E-state index in [1.165, 1.54) is 11.3 Å². The Morgan fingerprint density at radius 3 is 3.11 bits per heavy atom. The molecule has 0 radical (unpaired) electrons. The number of likely N-dealkylation sites (tertiary alicyclic amines) is 1. The second-order valence-corrected chi connectivity index (χ2v) is 5.85. The van der Waals surface area contributed by atoms with Crippen LogP contribution in [-0.4, -0.2) is 41.5 Å². The zero-order valence-corrected chi connectivity index (χ0v) is 11.3. The van der Waals surface area contributed by atoms with Crippen molar-refractivity contribution in [2.75, 3.05) is 25.0 Å². The minimum atomic E-state index is -0.0202. The Hall–Kier alpha value is -1.50. The number of rotatable bonds is 3. The highest BCUT2D eigenvalue weighted by Gasteiger charge is 2.21. The second-order valence-electron chi connectivity index (χ2n) is 4.82. The number of nitrogens with zero attached hydrogens (tertiary/aromatic N) is 2. The van der Waals surface area contributed by atoms with Crippen molar-refractivity contribution in [1.29, 1.82) is 0 Å². The number of para-hydroxylation sites is 1. The number of nitrogens with one attached hydrogen (secondary N) is 1. The standard InChI is InChI=1S/C13H16N4OS/c14-9-5-6-17(7-9)8-12(18)16-13-15-10-3-1-2-4-11(10)19-13/h1-4,9H,5-8,14H2,(H,15,16,18)/t9-/m0/s1. The smallest absolute Gasteiger partial charge is 0.240 e. The molecule has 3 N–H and O–H groups in total. The highest BCUT2D eigenvalue weighted by molar-refractivity contribution is 7.22. The molecule has 0 bridgehead atoms. The van der Waals surface area contributed by atoms with Crippen LogP contribution in [0, 0.1) is 0 Å². The molecule has 0 spiro atoms. The maximum Gasteiger partial charge on any atom is 0.240 e. The number of hydrogen-bond donors (Lipinski definition) is 2. The average molecular weight is 276 g/mol. The lowest BCUT2D eigenvalue weighted by molar-refractivity contribution is -0.117. The van der Waals surface area contributed by atoms with Crippen molar-refractivity contribution in [3.8, 4) is 0 Å². The van der Waals surface area contributed by atoms with Gasteiger partial charge in [0.15, 0.2) is 5.13 Å². The topological polar surface area (TPSA) is 71.2 Å². The van der Waals surface area contributed by atoms with Crippen molar-refractivity contribution < 1.29 is 4.79 Å². The van der Waals surface area contributed by atoms with Gasteiger partial charge in [0.05, 0.1) is 16.8 Å². The summed E-state index contributed by atoms with van der Waals surface area (Å²) >= 11 is 1.50. The van der Waals surface area contributed by atoms with E-state index in [4.69, 9.17) is 5.73 Å². The number of thiazole rings is 1. The molecule has 3 rings (SSSR count). The Morgan fingerprint density at radius 1 is 1.53 bits per heavy atom. The van der Waals surface area contributed by atoms with Gasteiger partial charge in [0.2, 0.25) is 5.91 Å². The first-order valence-corrected chi connectivity index (χ1v) is 7.16. The number of fused-ring (bicyclic) bond motifs is 1. The van der Waals surface area contributed by atoms with Gasteiger partial charge in [0.1, 0.15) is 0 Å². The average Bonchev–Trinajstić information content (AvgIpc) is 2.94. The molecule has 6 heteroatoms. The number of hydrogen-bond acceptors (Lipinski definition) is 5. The number of nitrogens with two attached hydrogens (primary N) is 1. The maximum atomic E-state index is 11.9. The summed E-state index contributed by atoms with van der Waals surface area (Å²) in [5, 5.41) is 3.52. The molecular weight excluding hydrogens is 260 g/mol. The molecule has 2 heterocycles. The van der Waals surface area contributed by atoms with Gasteiger partial charge in [0, 0.05) is 19.1 Å². The molecule has 1 aromatic heterocycles. The number of carbonyl (C=O) groups excluding carboxylic acids is 1. The summed E-state index contributed by atoms with van der Waals surface area (Å²) in [5.41, 5.74) is 6.74. The van der Waals surface area contributed by atoms with Crippen LogP contribution >= 0.6 is 11.3 Å². The van der Waals surface area contributed by atoms with E-state index in [-0.39, 0.29) is 11.9 Å². The first-order chi connectivity index (χ1) is 9.20. The third-order valence-electron chi connectivity index (χ3n) is 3.22. The molecule has 1 aliphatic heterocycles. The zero-order valence-electron chi connectivity index (χ0n) is 10.5. The molecule has 1 atom stereocenters. The molecule has 19 heavy (non-hydrogen) atoms. The third-order valence-corrected chi connectivity index (χ3v) is 4.17. The lowest BCUT2D eigenvalue weighted by Crippen LogP contribution is -2.33. The van der Waals surface area contributed by atoms with E-state index >= 15 is 0 Å². The van der Waals surface area contributed by atoms with Crippen LogP contribution < -0.4 is 11.1 Å². The van der Waals surface area contributed by atoms with Crippen LogP contribution in [0.25, 0.3) is 10.2 Å². The van der Waals surface area contributed by atoms with Crippen LogP contribution in [0.3, 0.4) is 0 Å². The molecule has 1 amide bonds. The predicted molar refractivity (Wildman–Crippen MR) is 77.3 cm³/mol. The minimum absolute atomic E-state index is 0.0202. The molecule has 0 unspecified atom stereocenters. The normalized spacial score (nSPS) is 19.9. The zero-order chi connectivity index (χ0) is 13.2. The van der Waals surface area contributed by atoms with E-state index in [0.29, 0.717) is 11.7 Å². The fourth-order valence-electron chi connectivity index (χ4n) is 2.29. The Kier molecular flexibility index (Phi) is 3.46. The third kappa shape index (κ3) is 2.91. The number of benzene rings is 1. The monoisotopic (exact) mass is 276 g/mol. The molecule has 1 fully saturated rings. The van der Waals surface area contributed by atoms with Gasteiger partial charge in [-0.3, -0.25) is 9.69 Å². The van der Waals surface area contributed by atoms with Gasteiger partial charge in [0.25, 0.3) is 0 Å². The molecule has 100 valence electrons. The fourth-order valence-corrected chi connectivity index (χ4v) is 3.18. The van der Waals surface area contributed by atoms with Crippen LogP contribution in [0.4, 0.5) is 5.13 Å². The van der Waals surface area contributed by atoms with Gasteiger partial charge in [-0.15, -0.1) is 0 Å². The number of anilines is 1. The van der Waals surface area contributed by atoms with Crippen LogP contribution in [0.5, 0.6) is 0 Å². The summed E-state index contributed by atoms with van der Waals surface area (Å²) in [7, 11) is 0. The SMILES string of the molecule is N[C@H]1CCN(CC(=O)Nc2nc3ccccc3s2)C1. The van der Waals surface area contributed by atoms with Crippen molar-refractivity contribution in [3.05, 3.63) is 24.3 Å². The summed E-state index contributed by atoms with van der Waals surface area (Å²) < 4.78 is 1.08. The van der Waals surface area contributed by atoms with Crippen LogP contribution in [-0.2, 0) is 4.79 Å². The van der Waals surface area contributed by atoms with Gasteiger partial charge in [-0.1, -0.05) is 23.5 Å². The molecule has 2 aromatic rings. The molecule has 5 nitrogen and oxygen atoms in total. The van der Waals surface area contributed by atoms with Gasteiger partial charge in [-0.05, 0) is 18.6 Å². The summed E-state index contributed by atoms with van der Waals surface area (Å²) in [6.45, 7) is 2.09. The predicted octanol–water partition coefficient (Wildman–Crippen LogP) is 1.27. The first kappa shape index (κ1) is 12.5. The van der Waals surface area contributed by atoms with Crippen molar-refractivity contribution >= 4 is 32.6 Å². The highest BCUT2D eigenvalue weighted by atomic mass is 32.1. The lowest BCUT2D eigenvalue weighted by Gasteiger charge is -2.13. The number of aromatic nitrogens is 1. The fraction of sp³-hybridized carbons (Fsp3) is 0.385. The molecule has 0 aliphatic carbocycles. The Labute approximate surface area is 115 Å². The van der Waals surface area contributed by atoms with Crippen LogP contribution in [0.15, 0.2) is 24.3 Å². The van der Waals surface area contributed by atoms with E-state index in [9.17, 15) is 4.79 Å². The van der Waals surface area contributed by atoms with Crippen LogP contribution in [0.1, 0.15) is 6.42 Å². The first-order valence-electron chi connectivity index (χ1n) is 6.34. The maximum absolute atomic E-state index is 11.9. The van der Waals surface area contributed by atoms with Gasteiger partial charge < -0.3 is 11.1 Å². The molecule has 1 aromatic carbocycles. The van der Waals surface area contributed by atoms with Gasteiger partial charge in [-0.2, -0.15) is 0 Å². The molecule has 1 saturated heterocycles. The van der Waals surface area contributed by atoms with Gasteiger partial charge in [-0.25, -0.2) is 4.98 Å². The lowest BCUT2D eigenvalue weighted by atomic mass is 10.3. The number of amides is 1. The largest absolute Gasteiger partial charge is 0.326 e. The summed E-state index contributed by atoms with van der Waals surface area (Å²) in [4.78, 5) is 18.4. The van der Waals surface area contributed by atoms with E-state index in [0.717, 1.165) is 29.7 Å². The summed E-state index contributed by atoms with van der Waals surface area (Å²) in [5.74, 6) is -0.0202. The summed E-state index contributed by atoms with van der Waals surface area (Å²) in [6.07, 6.45) is 0.967. The quantitative estimate of drug-likeness (QED) is 0.885. The van der Waals surface area contributed by atoms with Crippen LogP contribution in [0.2, 0.25) is 0 Å². The van der Waals surface area contributed by atoms with Crippen molar-refractivity contribution in [2.45, 2.75) is 12.5 Å². The highest BCUT2D eigenvalue weighted by Crippen LogP contribution is 2.25. The number of carbonyl (C=O) groups is 1.